The van der Waals surface area contributed by atoms with Gasteiger partial charge >= 0.3 is 0 Å². The van der Waals surface area contributed by atoms with Crippen molar-refractivity contribution in [3.63, 3.8) is 0 Å². The molecular weight excluding hydrogens is 172 g/mol. The maximum absolute atomic E-state index is 3.52. The molecule has 0 radical (unpaired) electrons. The van der Waals surface area contributed by atoms with E-state index < -0.39 is 0 Å². The number of nitrogens with one attached hydrogen (secondary N) is 1. The van der Waals surface area contributed by atoms with Gasteiger partial charge in [-0.1, -0.05) is 13.8 Å². The van der Waals surface area contributed by atoms with Crippen LogP contribution in [-0.2, 0) is 0 Å². The highest BCUT2D eigenvalue weighted by atomic mass is 15.2. The molecule has 82 valence electrons. The normalized spacial score (nSPS) is 33.4. The first-order valence-electron chi connectivity index (χ1n) is 6.22. The minimum absolute atomic E-state index is 0.631. The number of hydrogen-bond acceptors (Lipinski definition) is 2. The monoisotopic (exact) mass is 196 g/mol. The third-order valence-corrected chi connectivity index (χ3v) is 3.96. The molecule has 1 N–H and O–H groups in total. The molecule has 1 heterocycles. The van der Waals surface area contributed by atoms with E-state index in [4.69, 9.17) is 0 Å². The average Bonchev–Trinajstić information content (AvgIpc) is 2.92. The first-order valence-corrected chi connectivity index (χ1v) is 6.22. The van der Waals surface area contributed by atoms with Gasteiger partial charge in [0.25, 0.3) is 0 Å². The third kappa shape index (κ3) is 2.12. The standard InChI is InChI=1S/C12H24N2/c1-3-12(5-6-12)14-8-4-7-13-9-11(2)10-14/h11,13H,3-10H2,1-2H3. The zero-order valence-electron chi connectivity index (χ0n) is 9.68. The highest BCUT2D eigenvalue weighted by Gasteiger charge is 2.45. The van der Waals surface area contributed by atoms with E-state index in [-0.39, 0.29) is 0 Å². The van der Waals surface area contributed by atoms with Gasteiger partial charge in [-0.25, -0.2) is 0 Å². The maximum Gasteiger partial charge on any atom is 0.0208 e. The van der Waals surface area contributed by atoms with Crippen LogP contribution in [0.4, 0.5) is 0 Å². The molecule has 2 aliphatic rings. The molecule has 1 aliphatic heterocycles. The molecule has 2 rings (SSSR count). The molecule has 0 aromatic heterocycles. The highest BCUT2D eigenvalue weighted by molar-refractivity contribution is 5.03. The summed E-state index contributed by atoms with van der Waals surface area (Å²) >= 11 is 0. The van der Waals surface area contributed by atoms with Gasteiger partial charge in [0.05, 0.1) is 0 Å². The van der Waals surface area contributed by atoms with Crippen molar-refractivity contribution in [3.05, 3.63) is 0 Å². The molecule has 0 spiro atoms. The zero-order valence-corrected chi connectivity index (χ0v) is 9.68. The average molecular weight is 196 g/mol. The van der Waals surface area contributed by atoms with Gasteiger partial charge in [-0.15, -0.1) is 0 Å². The van der Waals surface area contributed by atoms with Gasteiger partial charge in [0, 0.05) is 12.1 Å². The first kappa shape index (κ1) is 10.4. The summed E-state index contributed by atoms with van der Waals surface area (Å²) in [4.78, 5) is 2.78. The van der Waals surface area contributed by atoms with E-state index in [0.717, 1.165) is 5.92 Å². The van der Waals surface area contributed by atoms with Gasteiger partial charge in [0.1, 0.15) is 0 Å². The summed E-state index contributed by atoms with van der Waals surface area (Å²) in [5.74, 6) is 0.819. The molecule has 2 nitrogen and oxygen atoms in total. The second-order valence-corrected chi connectivity index (χ2v) is 5.19. The van der Waals surface area contributed by atoms with Gasteiger partial charge in [-0.3, -0.25) is 4.90 Å². The molecule has 14 heavy (non-hydrogen) atoms. The van der Waals surface area contributed by atoms with Crippen molar-refractivity contribution in [2.45, 2.75) is 45.1 Å². The van der Waals surface area contributed by atoms with E-state index in [0.29, 0.717) is 5.54 Å². The minimum Gasteiger partial charge on any atom is -0.316 e. The van der Waals surface area contributed by atoms with Crippen molar-refractivity contribution in [3.8, 4) is 0 Å². The topological polar surface area (TPSA) is 15.3 Å². The summed E-state index contributed by atoms with van der Waals surface area (Å²) in [6.07, 6.45) is 5.58. The fourth-order valence-electron chi connectivity index (χ4n) is 2.74. The first-order chi connectivity index (χ1) is 6.77. The molecule has 1 aliphatic carbocycles. The van der Waals surface area contributed by atoms with Crippen molar-refractivity contribution in [1.29, 1.82) is 0 Å². The zero-order chi connectivity index (χ0) is 10.0. The predicted octanol–water partition coefficient (Wildman–Crippen LogP) is 1.86. The molecule has 2 heteroatoms. The molecule has 1 unspecified atom stereocenters. The van der Waals surface area contributed by atoms with Crippen LogP contribution in [0.1, 0.15) is 39.5 Å². The Kier molecular flexibility index (Phi) is 3.13. The van der Waals surface area contributed by atoms with E-state index >= 15 is 0 Å². The number of rotatable bonds is 2. The maximum atomic E-state index is 3.52. The lowest BCUT2D eigenvalue weighted by atomic mass is 10.1. The lowest BCUT2D eigenvalue weighted by Gasteiger charge is -2.35. The van der Waals surface area contributed by atoms with Crippen LogP contribution in [0.3, 0.4) is 0 Å². The summed E-state index contributed by atoms with van der Waals surface area (Å²) in [5.41, 5.74) is 0.631. The van der Waals surface area contributed by atoms with Crippen LogP contribution in [0.2, 0.25) is 0 Å². The molecule has 2 fully saturated rings. The van der Waals surface area contributed by atoms with Crippen LogP contribution in [0, 0.1) is 5.92 Å². The Balaban J connectivity index is 1.94. The molecule has 0 amide bonds. The lowest BCUT2D eigenvalue weighted by molar-refractivity contribution is 0.136. The van der Waals surface area contributed by atoms with E-state index in [2.05, 4.69) is 24.1 Å². The van der Waals surface area contributed by atoms with Gasteiger partial charge in [-0.2, -0.15) is 0 Å². The Morgan fingerprint density at radius 2 is 2.21 bits per heavy atom. The fraction of sp³-hybridized carbons (Fsp3) is 1.00. The van der Waals surface area contributed by atoms with Crippen LogP contribution >= 0.6 is 0 Å². The van der Waals surface area contributed by atoms with Crippen LogP contribution in [0.15, 0.2) is 0 Å². The molecule has 1 atom stereocenters. The second kappa shape index (κ2) is 4.19. The fourth-order valence-corrected chi connectivity index (χ4v) is 2.74. The Morgan fingerprint density at radius 1 is 1.43 bits per heavy atom. The summed E-state index contributed by atoms with van der Waals surface area (Å²) in [6.45, 7) is 9.76. The summed E-state index contributed by atoms with van der Waals surface area (Å²) < 4.78 is 0. The third-order valence-electron chi connectivity index (χ3n) is 3.96. The predicted molar refractivity (Wildman–Crippen MR) is 60.5 cm³/mol. The van der Waals surface area contributed by atoms with Crippen molar-refractivity contribution >= 4 is 0 Å². The minimum atomic E-state index is 0.631. The largest absolute Gasteiger partial charge is 0.316 e. The molecule has 1 saturated carbocycles. The molecule has 0 aromatic carbocycles. The van der Waals surface area contributed by atoms with Gasteiger partial charge in [-0.05, 0) is 51.2 Å². The SMILES string of the molecule is CCC1(N2CCCNCC(C)C2)CC1. The van der Waals surface area contributed by atoms with Gasteiger partial charge in [0.15, 0.2) is 0 Å². The van der Waals surface area contributed by atoms with E-state index in [1.807, 2.05) is 0 Å². The Hall–Kier alpha value is -0.0800. The second-order valence-electron chi connectivity index (χ2n) is 5.19. The van der Waals surface area contributed by atoms with Crippen LogP contribution in [-0.4, -0.2) is 36.6 Å². The van der Waals surface area contributed by atoms with Crippen molar-refractivity contribution in [1.82, 2.24) is 10.2 Å². The lowest BCUT2D eigenvalue weighted by Crippen LogP contribution is -2.45. The van der Waals surface area contributed by atoms with E-state index in [9.17, 15) is 0 Å². The number of nitrogens with zero attached hydrogens (tertiary/aromatic N) is 1. The number of hydrogen-bond donors (Lipinski definition) is 1. The highest BCUT2D eigenvalue weighted by Crippen LogP contribution is 2.44. The molecular formula is C12H24N2. The van der Waals surface area contributed by atoms with Crippen molar-refractivity contribution in [2.75, 3.05) is 26.2 Å². The van der Waals surface area contributed by atoms with Crippen molar-refractivity contribution in [2.24, 2.45) is 5.92 Å². The quantitative estimate of drug-likeness (QED) is 0.725. The summed E-state index contributed by atoms with van der Waals surface area (Å²) in [5, 5.41) is 3.52. The summed E-state index contributed by atoms with van der Waals surface area (Å²) in [6, 6.07) is 0. The van der Waals surface area contributed by atoms with E-state index in [1.165, 1.54) is 51.9 Å². The Morgan fingerprint density at radius 3 is 2.86 bits per heavy atom. The smallest absolute Gasteiger partial charge is 0.0208 e. The van der Waals surface area contributed by atoms with Crippen LogP contribution < -0.4 is 5.32 Å². The van der Waals surface area contributed by atoms with Gasteiger partial charge in [0.2, 0.25) is 0 Å². The molecule has 1 saturated heterocycles. The Bertz CT molecular complexity index is 187. The van der Waals surface area contributed by atoms with Crippen LogP contribution in [0.25, 0.3) is 0 Å². The Labute approximate surface area is 88.1 Å². The summed E-state index contributed by atoms with van der Waals surface area (Å²) in [7, 11) is 0. The van der Waals surface area contributed by atoms with Crippen LogP contribution in [0.5, 0.6) is 0 Å². The molecule has 0 bridgehead atoms. The molecule has 0 aromatic rings. The van der Waals surface area contributed by atoms with Crippen molar-refractivity contribution < 1.29 is 0 Å². The van der Waals surface area contributed by atoms with E-state index in [1.54, 1.807) is 0 Å². The van der Waals surface area contributed by atoms with Gasteiger partial charge < -0.3 is 5.32 Å².